The Labute approximate surface area is 333 Å². The van der Waals surface area contributed by atoms with Gasteiger partial charge in [-0.3, -0.25) is 19.2 Å². The Balaban J connectivity index is 1.09. The van der Waals surface area contributed by atoms with Crippen LogP contribution < -0.4 is 21.3 Å². The summed E-state index contributed by atoms with van der Waals surface area (Å²) in [7, 11) is 0. The monoisotopic (exact) mass is 762 g/mol. The molecule has 2 aromatic heterocycles. The first-order valence-electron chi connectivity index (χ1n) is 20.8. The molecule has 3 fully saturated rings. The number of nitrogens with one attached hydrogen (secondary N) is 4. The number of aromatic nitrogens is 2. The van der Waals surface area contributed by atoms with Gasteiger partial charge >= 0.3 is 0 Å². The van der Waals surface area contributed by atoms with Gasteiger partial charge in [0.1, 0.15) is 22.8 Å². The van der Waals surface area contributed by atoms with E-state index < -0.39 is 0 Å². The third-order valence-electron chi connectivity index (χ3n) is 13.8. The molecule has 1 aliphatic heterocycles. The zero-order valence-corrected chi connectivity index (χ0v) is 32.4. The molecule has 10 heteroatoms. The minimum Gasteiger partial charge on any atom is -0.350 e. The Bertz CT molecular complexity index is 2320. The first-order valence-corrected chi connectivity index (χ1v) is 20.8. The summed E-state index contributed by atoms with van der Waals surface area (Å²) in [5.74, 6) is 1.66. The van der Waals surface area contributed by atoms with Crippen molar-refractivity contribution in [2.24, 2.45) is 41.4 Å². The molecule has 0 spiro atoms. The van der Waals surface area contributed by atoms with E-state index in [9.17, 15) is 19.2 Å². The Morgan fingerprint density at radius 1 is 0.439 bits per heavy atom. The van der Waals surface area contributed by atoms with Gasteiger partial charge in [-0.15, -0.1) is 0 Å². The molecular weight excluding hydrogens is 713 g/mol. The fourth-order valence-corrected chi connectivity index (χ4v) is 11.4. The Kier molecular flexibility index (Phi) is 10.2. The normalized spacial score (nSPS) is 27.1. The molecule has 10 nitrogen and oxygen atoms in total. The van der Waals surface area contributed by atoms with Crippen LogP contribution in [0.3, 0.4) is 0 Å². The van der Waals surface area contributed by atoms with Gasteiger partial charge in [-0.25, -0.2) is 9.97 Å². The van der Waals surface area contributed by atoms with E-state index in [0.29, 0.717) is 54.5 Å². The van der Waals surface area contributed by atoms with Crippen LogP contribution in [0.5, 0.6) is 0 Å². The average Bonchev–Trinajstić information content (AvgIpc) is 3.25. The molecule has 5 aromatic rings. The minimum absolute atomic E-state index is 0.186. The summed E-state index contributed by atoms with van der Waals surface area (Å²) in [5.41, 5.74) is 2.71. The standard InChI is InChI=1S/C47H50N6O4/c1-27-11-8-18-34-37-25-50-46(56)41-21-9-19-39(52-41)44(54)48-23-35-28-12-2-4-14-30(28)36(31-15-5-3-13-29(31)35)24-49-45(55)40-20-10-22-42(53-40)47(57)51-26-38(43(27)34)33-17-7-6-16-32(33)37/h2-5,9-10,12-15,19-22,27,32-34,37-38,43H,6-8,11,16-18,23-26H2,1H3,(H,48,54)(H,49,55)(H,50,56)(H,51,57)/t27?,32-,33+,34-,37?,38?,43-/m1/s1. The van der Waals surface area contributed by atoms with E-state index in [1.807, 2.05) is 48.5 Å². The lowest BCUT2D eigenvalue weighted by Gasteiger charge is -2.57. The number of carbonyl (C=O) groups excluding carboxylic acids is 4. The van der Waals surface area contributed by atoms with Crippen molar-refractivity contribution in [3.05, 3.63) is 119 Å². The maximum absolute atomic E-state index is 13.8. The van der Waals surface area contributed by atoms with Crippen LogP contribution in [0, 0.1) is 41.4 Å². The number of nitrogens with zero attached hydrogens (tertiary/aromatic N) is 2. The molecule has 3 unspecified atom stereocenters. The van der Waals surface area contributed by atoms with Crippen LogP contribution in [0.4, 0.5) is 0 Å². The van der Waals surface area contributed by atoms with Crippen molar-refractivity contribution >= 4 is 45.2 Å². The summed E-state index contributed by atoms with van der Waals surface area (Å²) in [6.07, 6.45) is 8.01. The van der Waals surface area contributed by atoms with E-state index in [1.54, 1.807) is 36.4 Å². The van der Waals surface area contributed by atoms with Crippen molar-refractivity contribution < 1.29 is 19.2 Å². The van der Waals surface area contributed by atoms with Gasteiger partial charge in [-0.2, -0.15) is 0 Å². The molecule has 3 saturated carbocycles. The van der Waals surface area contributed by atoms with Crippen LogP contribution in [0.25, 0.3) is 21.5 Å². The van der Waals surface area contributed by atoms with Crippen molar-refractivity contribution in [2.75, 3.05) is 13.1 Å². The molecule has 4 amide bonds. The fourth-order valence-electron chi connectivity index (χ4n) is 11.4. The molecule has 9 rings (SSSR count). The summed E-state index contributed by atoms with van der Waals surface area (Å²) >= 11 is 0. The number of fused-ring (bicyclic) bond motifs is 10. The largest absolute Gasteiger partial charge is 0.350 e. The van der Waals surface area contributed by atoms with Gasteiger partial charge in [0, 0.05) is 26.2 Å². The van der Waals surface area contributed by atoms with Crippen LogP contribution in [0.2, 0.25) is 0 Å². The third-order valence-corrected chi connectivity index (χ3v) is 13.8. The first-order chi connectivity index (χ1) is 27.9. The Morgan fingerprint density at radius 2 is 0.842 bits per heavy atom. The van der Waals surface area contributed by atoms with E-state index in [1.165, 1.54) is 12.8 Å². The summed E-state index contributed by atoms with van der Waals surface area (Å²) in [6.45, 7) is 3.97. The summed E-state index contributed by atoms with van der Waals surface area (Å²) in [4.78, 5) is 64.2. The van der Waals surface area contributed by atoms with Crippen molar-refractivity contribution in [2.45, 2.75) is 65.0 Å². The van der Waals surface area contributed by atoms with E-state index in [2.05, 4.69) is 38.2 Å². The number of carbonyl (C=O) groups is 4. The zero-order valence-electron chi connectivity index (χ0n) is 32.4. The molecule has 3 aliphatic carbocycles. The quantitative estimate of drug-likeness (QED) is 0.123. The topological polar surface area (TPSA) is 142 Å². The van der Waals surface area contributed by atoms with E-state index >= 15 is 0 Å². The van der Waals surface area contributed by atoms with Gasteiger partial charge in [0.15, 0.2) is 0 Å². The number of pyridine rings is 2. The smallest absolute Gasteiger partial charge is 0.270 e. The predicted molar refractivity (Wildman–Crippen MR) is 219 cm³/mol. The average molecular weight is 763 g/mol. The lowest BCUT2D eigenvalue weighted by molar-refractivity contribution is -0.0791. The van der Waals surface area contributed by atoms with Gasteiger partial charge in [0.2, 0.25) is 0 Å². The molecule has 292 valence electrons. The molecule has 4 N–H and O–H groups in total. The van der Waals surface area contributed by atoms with Crippen LogP contribution in [0.1, 0.15) is 105 Å². The van der Waals surface area contributed by atoms with Gasteiger partial charge in [0.25, 0.3) is 23.6 Å². The van der Waals surface area contributed by atoms with Crippen molar-refractivity contribution in [1.29, 1.82) is 0 Å². The summed E-state index contributed by atoms with van der Waals surface area (Å²) in [5, 5.41) is 16.5. The van der Waals surface area contributed by atoms with Crippen LogP contribution in [-0.2, 0) is 13.1 Å². The molecule has 4 aliphatic rings. The highest BCUT2D eigenvalue weighted by atomic mass is 16.2. The zero-order chi connectivity index (χ0) is 39.0. The first kappa shape index (κ1) is 37.0. The molecule has 3 heterocycles. The van der Waals surface area contributed by atoms with Gasteiger partial charge in [0.05, 0.1) is 0 Å². The fraction of sp³-hybridized carbons (Fsp3) is 0.404. The molecule has 8 bridgehead atoms. The Morgan fingerprint density at radius 3 is 1.32 bits per heavy atom. The van der Waals surface area contributed by atoms with Gasteiger partial charge in [-0.1, -0.05) is 93.3 Å². The van der Waals surface area contributed by atoms with Crippen LogP contribution in [0.15, 0.2) is 84.9 Å². The highest BCUT2D eigenvalue weighted by Gasteiger charge is 2.52. The molecule has 57 heavy (non-hydrogen) atoms. The van der Waals surface area contributed by atoms with E-state index in [-0.39, 0.29) is 59.5 Å². The lowest BCUT2D eigenvalue weighted by Crippen LogP contribution is -2.56. The van der Waals surface area contributed by atoms with E-state index in [0.717, 1.165) is 64.8 Å². The molecule has 0 saturated heterocycles. The van der Waals surface area contributed by atoms with Crippen LogP contribution >= 0.6 is 0 Å². The van der Waals surface area contributed by atoms with Crippen molar-refractivity contribution in [3.63, 3.8) is 0 Å². The van der Waals surface area contributed by atoms with Gasteiger partial charge < -0.3 is 21.3 Å². The summed E-state index contributed by atoms with van der Waals surface area (Å²) in [6, 6.07) is 26.0. The Hall–Kier alpha value is -5.64. The van der Waals surface area contributed by atoms with Crippen LogP contribution in [-0.4, -0.2) is 46.7 Å². The minimum atomic E-state index is -0.361. The lowest BCUT2D eigenvalue weighted by atomic mass is 9.48. The number of rotatable bonds is 0. The number of amides is 4. The molecule has 3 aromatic carbocycles. The second-order valence-corrected chi connectivity index (χ2v) is 16.7. The third kappa shape index (κ3) is 7.04. The number of hydrogen-bond acceptors (Lipinski definition) is 6. The van der Waals surface area contributed by atoms with Crippen molar-refractivity contribution in [1.82, 2.24) is 31.2 Å². The highest BCUT2D eigenvalue weighted by molar-refractivity contribution is 6.07. The van der Waals surface area contributed by atoms with E-state index in [4.69, 9.17) is 0 Å². The second kappa shape index (κ2) is 15.7. The number of hydrogen-bond donors (Lipinski definition) is 4. The van der Waals surface area contributed by atoms with Gasteiger partial charge in [-0.05, 0) is 118 Å². The maximum Gasteiger partial charge on any atom is 0.270 e. The summed E-state index contributed by atoms with van der Waals surface area (Å²) < 4.78 is 0. The van der Waals surface area contributed by atoms with Crippen molar-refractivity contribution in [3.8, 4) is 0 Å². The SMILES string of the molecule is CC1CCC[C@@H]2C3CNC(=O)c4cccc(n4)C(=O)NCc4c5ccccc5c(c5ccccc45)CNC(=O)c4cccc(n4)C(=O)NCC([C@H]12)[C@H]1CCCC[C@@H]31. The predicted octanol–water partition coefficient (Wildman–Crippen LogP) is 7.22. The number of benzene rings is 3. The molecule has 0 radical (unpaired) electrons. The second-order valence-electron chi connectivity index (χ2n) is 16.7. The molecule has 7 atom stereocenters. The maximum atomic E-state index is 13.8. The molecular formula is C47H50N6O4. The highest BCUT2D eigenvalue weighted by Crippen LogP contribution is 2.57.